The van der Waals surface area contributed by atoms with Gasteiger partial charge in [-0.3, -0.25) is 19.8 Å². The number of nitrogens with zero attached hydrogens (tertiary/aromatic N) is 3. The van der Waals surface area contributed by atoms with Crippen molar-refractivity contribution in [1.29, 1.82) is 0 Å². The van der Waals surface area contributed by atoms with Crippen LogP contribution < -0.4 is 15.0 Å². The van der Waals surface area contributed by atoms with Gasteiger partial charge in [-0.2, -0.15) is 8.78 Å². The number of ether oxygens (including phenoxy) is 1. The zero-order chi connectivity index (χ0) is 22.5. The summed E-state index contributed by atoms with van der Waals surface area (Å²) < 4.78 is 29.6. The first-order valence-corrected chi connectivity index (χ1v) is 9.81. The number of para-hydroxylation sites is 1. The molecule has 0 atom stereocenters. The molecule has 31 heavy (non-hydrogen) atoms. The summed E-state index contributed by atoms with van der Waals surface area (Å²) in [5, 5.41) is 14.0. The Morgan fingerprint density at radius 3 is 2.39 bits per heavy atom. The first-order chi connectivity index (χ1) is 14.7. The van der Waals surface area contributed by atoms with Gasteiger partial charge >= 0.3 is 12.3 Å². The second kappa shape index (κ2) is 9.69. The lowest BCUT2D eigenvalue weighted by atomic mass is 10.1. The van der Waals surface area contributed by atoms with Crippen LogP contribution in [-0.4, -0.2) is 55.1 Å². The van der Waals surface area contributed by atoms with E-state index in [1.807, 2.05) is 41.8 Å². The summed E-state index contributed by atoms with van der Waals surface area (Å²) in [7, 11) is 0. The molecule has 1 N–H and O–H groups in total. The molecule has 0 spiro atoms. The van der Waals surface area contributed by atoms with Gasteiger partial charge in [0, 0.05) is 49.7 Å². The average molecular weight is 434 g/mol. The summed E-state index contributed by atoms with van der Waals surface area (Å²) in [4.78, 5) is 26.7. The van der Waals surface area contributed by atoms with Crippen molar-refractivity contribution in [2.75, 3.05) is 42.9 Å². The third-order valence-electron chi connectivity index (χ3n) is 5.21. The molecule has 1 heterocycles. The highest BCUT2D eigenvalue weighted by Crippen LogP contribution is 2.33. The van der Waals surface area contributed by atoms with Gasteiger partial charge in [0.15, 0.2) is 0 Å². The van der Waals surface area contributed by atoms with E-state index in [-0.39, 0.29) is 12.5 Å². The number of rotatable bonds is 7. The van der Waals surface area contributed by atoms with Gasteiger partial charge in [0.05, 0.1) is 11.5 Å². The fourth-order valence-corrected chi connectivity index (χ4v) is 3.60. The SMILES string of the molecule is Cc1cccc(C)c1NC(=O)CN1CCN(c2ccc([N+](=O)[O-])c(OC(F)F)c2)CC1. The van der Waals surface area contributed by atoms with Crippen molar-refractivity contribution >= 4 is 23.0 Å². The third-order valence-corrected chi connectivity index (χ3v) is 5.21. The molecule has 0 unspecified atom stereocenters. The smallest absolute Gasteiger partial charge is 0.387 e. The Morgan fingerprint density at radius 1 is 1.16 bits per heavy atom. The molecule has 0 saturated carbocycles. The largest absolute Gasteiger partial charge is 0.427 e. The van der Waals surface area contributed by atoms with Crippen molar-refractivity contribution in [1.82, 2.24) is 4.90 Å². The summed E-state index contributed by atoms with van der Waals surface area (Å²) in [6, 6.07) is 9.76. The maximum atomic E-state index is 12.6. The van der Waals surface area contributed by atoms with E-state index < -0.39 is 23.0 Å². The third kappa shape index (κ3) is 5.66. The van der Waals surface area contributed by atoms with Crippen molar-refractivity contribution in [2.45, 2.75) is 20.5 Å². The van der Waals surface area contributed by atoms with Gasteiger partial charge < -0.3 is 15.0 Å². The fourth-order valence-electron chi connectivity index (χ4n) is 3.60. The number of benzene rings is 2. The molecule has 0 aromatic heterocycles. The van der Waals surface area contributed by atoms with Gasteiger partial charge in [0.25, 0.3) is 0 Å². The Labute approximate surface area is 178 Å². The number of aryl methyl sites for hydroxylation is 2. The summed E-state index contributed by atoms with van der Waals surface area (Å²) >= 11 is 0. The Balaban J connectivity index is 1.59. The van der Waals surface area contributed by atoms with E-state index in [2.05, 4.69) is 10.1 Å². The van der Waals surface area contributed by atoms with Gasteiger partial charge in [-0.15, -0.1) is 0 Å². The number of piperazine rings is 1. The molecule has 0 aliphatic carbocycles. The number of nitro benzene ring substituents is 1. The molecular formula is C21H24F2N4O4. The number of hydrogen-bond acceptors (Lipinski definition) is 6. The summed E-state index contributed by atoms with van der Waals surface area (Å²) in [5.74, 6) is -0.568. The molecule has 10 heteroatoms. The Bertz CT molecular complexity index is 942. The maximum absolute atomic E-state index is 12.6. The van der Waals surface area contributed by atoms with E-state index in [0.717, 1.165) is 22.9 Å². The molecule has 1 amide bonds. The van der Waals surface area contributed by atoms with Crippen molar-refractivity contribution in [3.8, 4) is 5.75 Å². The van der Waals surface area contributed by atoms with Gasteiger partial charge in [-0.25, -0.2) is 0 Å². The maximum Gasteiger partial charge on any atom is 0.387 e. The molecule has 1 saturated heterocycles. The number of alkyl halides is 2. The van der Waals surface area contributed by atoms with Crippen LogP contribution in [-0.2, 0) is 4.79 Å². The summed E-state index contributed by atoms with van der Waals surface area (Å²) in [6.07, 6.45) is 0. The van der Waals surface area contributed by atoms with Gasteiger partial charge in [-0.05, 0) is 31.0 Å². The minimum Gasteiger partial charge on any atom is -0.427 e. The predicted octanol–water partition coefficient (Wildman–Crippen LogP) is 3.57. The second-order valence-electron chi connectivity index (χ2n) is 7.37. The number of hydrogen-bond donors (Lipinski definition) is 1. The number of carbonyl (C=O) groups excluding carboxylic acids is 1. The number of anilines is 2. The van der Waals surface area contributed by atoms with Crippen LogP contribution in [0.15, 0.2) is 36.4 Å². The quantitative estimate of drug-likeness (QED) is 0.530. The van der Waals surface area contributed by atoms with E-state index in [0.29, 0.717) is 31.9 Å². The number of carbonyl (C=O) groups is 1. The first kappa shape index (κ1) is 22.4. The zero-order valence-corrected chi connectivity index (χ0v) is 17.3. The van der Waals surface area contributed by atoms with Gasteiger partial charge in [0.2, 0.25) is 11.7 Å². The van der Waals surface area contributed by atoms with Gasteiger partial charge in [-0.1, -0.05) is 18.2 Å². The van der Waals surface area contributed by atoms with Crippen LogP contribution in [0, 0.1) is 24.0 Å². The lowest BCUT2D eigenvalue weighted by molar-refractivity contribution is -0.386. The molecule has 0 radical (unpaired) electrons. The molecule has 2 aromatic rings. The highest BCUT2D eigenvalue weighted by Gasteiger charge is 2.24. The minimum absolute atomic E-state index is 0.103. The normalized spacial score (nSPS) is 14.5. The standard InChI is InChI=1S/C21H24F2N4O4/c1-14-4-3-5-15(2)20(14)24-19(28)13-25-8-10-26(11-9-25)16-6-7-17(27(29)30)18(12-16)31-21(22)23/h3-7,12,21H,8-11,13H2,1-2H3,(H,24,28). The van der Waals surface area contributed by atoms with Crippen molar-refractivity contribution in [3.05, 3.63) is 57.6 Å². The first-order valence-electron chi connectivity index (χ1n) is 9.81. The van der Waals surface area contributed by atoms with Crippen LogP contribution in [0.3, 0.4) is 0 Å². The zero-order valence-electron chi connectivity index (χ0n) is 17.3. The molecule has 2 aromatic carbocycles. The number of nitrogens with one attached hydrogen (secondary N) is 1. The van der Waals surface area contributed by atoms with Crippen LogP contribution in [0.25, 0.3) is 0 Å². The highest BCUT2D eigenvalue weighted by atomic mass is 19.3. The summed E-state index contributed by atoms with van der Waals surface area (Å²) in [6.45, 7) is 3.23. The minimum atomic E-state index is -3.15. The van der Waals surface area contributed by atoms with E-state index >= 15 is 0 Å². The Morgan fingerprint density at radius 2 is 1.81 bits per heavy atom. The molecule has 8 nitrogen and oxygen atoms in total. The lowest BCUT2D eigenvalue weighted by Gasteiger charge is -2.35. The Hall–Kier alpha value is -3.27. The number of nitro groups is 1. The van der Waals surface area contributed by atoms with E-state index in [4.69, 9.17) is 0 Å². The average Bonchev–Trinajstić information content (AvgIpc) is 2.71. The number of halogens is 2. The lowest BCUT2D eigenvalue weighted by Crippen LogP contribution is -2.48. The molecular weight excluding hydrogens is 410 g/mol. The molecule has 1 fully saturated rings. The summed E-state index contributed by atoms with van der Waals surface area (Å²) in [5.41, 5.74) is 2.87. The molecule has 0 bridgehead atoms. The van der Waals surface area contributed by atoms with Crippen LogP contribution in [0.5, 0.6) is 5.75 Å². The Kier molecular flexibility index (Phi) is 7.01. The monoisotopic (exact) mass is 434 g/mol. The van der Waals surface area contributed by atoms with Crippen LogP contribution in [0.1, 0.15) is 11.1 Å². The van der Waals surface area contributed by atoms with Crippen molar-refractivity contribution in [3.63, 3.8) is 0 Å². The molecule has 1 aliphatic rings. The van der Waals surface area contributed by atoms with Crippen molar-refractivity contribution < 1.29 is 23.2 Å². The molecule has 166 valence electrons. The van der Waals surface area contributed by atoms with Gasteiger partial charge in [0.1, 0.15) is 0 Å². The van der Waals surface area contributed by atoms with E-state index in [1.165, 1.54) is 12.1 Å². The molecule has 1 aliphatic heterocycles. The van der Waals surface area contributed by atoms with Crippen LogP contribution in [0.4, 0.5) is 25.8 Å². The van der Waals surface area contributed by atoms with Crippen LogP contribution >= 0.6 is 0 Å². The predicted molar refractivity (Wildman–Crippen MR) is 113 cm³/mol. The fraction of sp³-hybridized carbons (Fsp3) is 0.381. The molecule has 3 rings (SSSR count). The van der Waals surface area contributed by atoms with Crippen LogP contribution in [0.2, 0.25) is 0 Å². The van der Waals surface area contributed by atoms with Crippen molar-refractivity contribution in [2.24, 2.45) is 0 Å². The van der Waals surface area contributed by atoms with E-state index in [1.54, 1.807) is 0 Å². The topological polar surface area (TPSA) is 88.0 Å². The van der Waals surface area contributed by atoms with E-state index in [9.17, 15) is 23.7 Å². The number of amides is 1. The second-order valence-corrected chi connectivity index (χ2v) is 7.37. The highest BCUT2D eigenvalue weighted by molar-refractivity contribution is 5.93.